The molecule has 0 aliphatic rings. The summed E-state index contributed by atoms with van der Waals surface area (Å²) in [6.45, 7) is 7.42. The van der Waals surface area contributed by atoms with E-state index < -0.39 is 48.2 Å². The molecular weight excluding hydrogens is 648 g/mol. The zero-order valence-corrected chi connectivity index (χ0v) is 29.7. The normalized spacial score (nSPS) is 14.2. The van der Waals surface area contributed by atoms with Crippen molar-refractivity contribution >= 4 is 35.3 Å². The van der Waals surface area contributed by atoms with Crippen LogP contribution in [0.5, 0.6) is 0 Å². The maximum Gasteiger partial charge on any atom is 0.407 e. The van der Waals surface area contributed by atoms with Gasteiger partial charge in [-0.05, 0) is 29.4 Å². The molecule has 0 saturated carbocycles. The van der Waals surface area contributed by atoms with Crippen molar-refractivity contribution in [2.45, 2.75) is 71.3 Å². The standard InChI is InChI=1S/C35H48N6O7S/c1-7-23(4)30(39-35(46)48-6)31(43)37-27(19-24-11-9-8-10-12-24)28(42)21-41(40-32(44)29(22(2)3)38-34(45)47-5)20-25-13-15-26(16-14-25)33-36-17-18-49-33/h8-18,22-23,27-30,42H,7,19-21H2,1-6H3,(H,37,43)(H,38,45)(H,39,46)(H,40,44). The van der Waals surface area contributed by atoms with Gasteiger partial charge < -0.3 is 30.5 Å². The van der Waals surface area contributed by atoms with Crippen LogP contribution in [0, 0.1) is 11.8 Å². The number of ether oxygens (including phenoxy) is 2. The lowest BCUT2D eigenvalue weighted by atomic mass is 9.96. The van der Waals surface area contributed by atoms with E-state index in [1.807, 2.05) is 73.8 Å². The number of nitrogens with one attached hydrogen (secondary N) is 4. The first-order valence-corrected chi connectivity index (χ1v) is 17.1. The van der Waals surface area contributed by atoms with Crippen LogP contribution in [0.3, 0.4) is 0 Å². The Kier molecular flexibility index (Phi) is 15.5. The predicted molar refractivity (Wildman–Crippen MR) is 187 cm³/mol. The third kappa shape index (κ3) is 12.1. The molecule has 5 atom stereocenters. The number of hydrogen-bond donors (Lipinski definition) is 5. The number of aromatic nitrogens is 1. The molecule has 1 heterocycles. The van der Waals surface area contributed by atoms with Crippen LogP contribution in [0.2, 0.25) is 0 Å². The van der Waals surface area contributed by atoms with E-state index in [0.717, 1.165) is 21.7 Å². The Morgan fingerprint density at radius 2 is 1.49 bits per heavy atom. The fourth-order valence-electron chi connectivity index (χ4n) is 5.10. The first-order valence-electron chi connectivity index (χ1n) is 16.2. The highest BCUT2D eigenvalue weighted by atomic mass is 32.1. The van der Waals surface area contributed by atoms with Crippen LogP contribution in [0.25, 0.3) is 10.6 Å². The minimum atomic E-state index is -1.19. The third-order valence-electron chi connectivity index (χ3n) is 8.14. The Labute approximate surface area is 291 Å². The fourth-order valence-corrected chi connectivity index (χ4v) is 5.74. The van der Waals surface area contributed by atoms with Crippen molar-refractivity contribution in [3.63, 3.8) is 0 Å². The molecule has 14 heteroatoms. The lowest BCUT2D eigenvalue weighted by Crippen LogP contribution is -2.59. The summed E-state index contributed by atoms with van der Waals surface area (Å²) in [5.74, 6) is -1.49. The van der Waals surface area contributed by atoms with Crippen LogP contribution < -0.4 is 21.4 Å². The van der Waals surface area contributed by atoms with Gasteiger partial charge in [0, 0.05) is 30.2 Å². The van der Waals surface area contributed by atoms with Gasteiger partial charge >= 0.3 is 12.2 Å². The van der Waals surface area contributed by atoms with Gasteiger partial charge in [0.25, 0.3) is 5.91 Å². The number of aliphatic hydroxyl groups excluding tert-OH is 1. The number of rotatable bonds is 17. The summed E-state index contributed by atoms with van der Waals surface area (Å²) in [7, 11) is 2.44. The molecule has 0 aliphatic carbocycles. The maximum absolute atomic E-state index is 13.6. The Morgan fingerprint density at radius 1 is 0.857 bits per heavy atom. The number of hydrogen-bond acceptors (Lipinski definition) is 10. The summed E-state index contributed by atoms with van der Waals surface area (Å²) in [4.78, 5) is 55.7. The highest BCUT2D eigenvalue weighted by Crippen LogP contribution is 2.22. The molecule has 13 nitrogen and oxygen atoms in total. The van der Waals surface area contributed by atoms with Crippen molar-refractivity contribution in [3.05, 3.63) is 77.3 Å². The number of alkyl carbamates (subject to hydrolysis) is 2. The largest absolute Gasteiger partial charge is 0.453 e. The minimum Gasteiger partial charge on any atom is -0.453 e. The van der Waals surface area contributed by atoms with E-state index in [9.17, 15) is 24.3 Å². The molecule has 3 aromatic rings. The zero-order valence-electron chi connectivity index (χ0n) is 28.8. The number of carbonyl (C=O) groups is 4. The Balaban J connectivity index is 1.91. The van der Waals surface area contributed by atoms with Crippen LogP contribution in [-0.2, 0) is 32.0 Å². The first kappa shape index (κ1) is 38.9. The topological polar surface area (TPSA) is 171 Å². The Bertz CT molecular complexity index is 1470. The summed E-state index contributed by atoms with van der Waals surface area (Å²) in [5, 5.41) is 24.2. The SMILES string of the molecule is CCC(C)C(NC(=O)OC)C(=O)NC(Cc1ccccc1)C(O)CN(Cc1ccc(-c2nccs2)cc1)NC(=O)C(NC(=O)OC)C(C)C. The van der Waals surface area contributed by atoms with E-state index in [1.54, 1.807) is 25.1 Å². The molecule has 1 aromatic heterocycles. The molecule has 5 unspecified atom stereocenters. The number of methoxy groups -OCH3 is 2. The van der Waals surface area contributed by atoms with Gasteiger partial charge in [-0.1, -0.05) is 88.7 Å². The summed E-state index contributed by atoms with van der Waals surface area (Å²) in [6.07, 6.45) is -0.0773. The highest BCUT2D eigenvalue weighted by Gasteiger charge is 2.32. The van der Waals surface area contributed by atoms with Gasteiger partial charge in [0.15, 0.2) is 0 Å². The van der Waals surface area contributed by atoms with Gasteiger partial charge in [-0.25, -0.2) is 19.6 Å². The van der Waals surface area contributed by atoms with E-state index in [4.69, 9.17) is 9.47 Å². The molecule has 0 fully saturated rings. The quantitative estimate of drug-likeness (QED) is 0.131. The smallest absolute Gasteiger partial charge is 0.407 e. The molecule has 3 rings (SSSR count). The Morgan fingerprint density at radius 3 is 2.04 bits per heavy atom. The average molecular weight is 697 g/mol. The number of amides is 4. The van der Waals surface area contributed by atoms with E-state index in [-0.39, 0.29) is 31.3 Å². The van der Waals surface area contributed by atoms with Crippen molar-refractivity contribution in [1.29, 1.82) is 0 Å². The minimum absolute atomic E-state index is 0.0980. The van der Waals surface area contributed by atoms with Crippen molar-refractivity contribution in [3.8, 4) is 10.6 Å². The molecule has 49 heavy (non-hydrogen) atoms. The van der Waals surface area contributed by atoms with Crippen molar-refractivity contribution in [1.82, 2.24) is 31.4 Å². The van der Waals surface area contributed by atoms with Gasteiger partial charge in [-0.3, -0.25) is 15.0 Å². The van der Waals surface area contributed by atoms with Gasteiger partial charge in [-0.15, -0.1) is 11.3 Å². The van der Waals surface area contributed by atoms with Gasteiger partial charge in [0.1, 0.15) is 17.1 Å². The molecular formula is C35H48N6O7S. The van der Waals surface area contributed by atoms with E-state index in [1.165, 1.54) is 25.6 Å². The Hall–Kier alpha value is -4.53. The molecule has 5 N–H and O–H groups in total. The van der Waals surface area contributed by atoms with Crippen LogP contribution in [0.15, 0.2) is 66.2 Å². The van der Waals surface area contributed by atoms with Gasteiger partial charge in [-0.2, -0.15) is 0 Å². The predicted octanol–water partition coefficient (Wildman–Crippen LogP) is 3.88. The molecule has 0 radical (unpaired) electrons. The number of thiazole rings is 1. The van der Waals surface area contributed by atoms with Gasteiger partial charge in [0.05, 0.1) is 26.4 Å². The second-order valence-corrected chi connectivity index (χ2v) is 13.0. The van der Waals surface area contributed by atoms with Crippen LogP contribution in [0.4, 0.5) is 9.59 Å². The lowest BCUT2D eigenvalue weighted by molar-refractivity contribution is -0.131. The van der Waals surface area contributed by atoms with Crippen LogP contribution >= 0.6 is 11.3 Å². The van der Waals surface area contributed by atoms with Gasteiger partial charge in [0.2, 0.25) is 5.91 Å². The zero-order chi connectivity index (χ0) is 35.9. The highest BCUT2D eigenvalue weighted by molar-refractivity contribution is 7.13. The number of hydrazine groups is 1. The third-order valence-corrected chi connectivity index (χ3v) is 8.96. The summed E-state index contributed by atoms with van der Waals surface area (Å²) < 4.78 is 9.48. The molecule has 0 bridgehead atoms. The second-order valence-electron chi connectivity index (χ2n) is 12.1. The fraction of sp³-hybridized carbons (Fsp3) is 0.457. The summed E-state index contributed by atoms with van der Waals surface area (Å²) >= 11 is 1.52. The van der Waals surface area contributed by atoms with Crippen molar-refractivity contribution < 1.29 is 33.8 Å². The monoisotopic (exact) mass is 696 g/mol. The lowest BCUT2D eigenvalue weighted by Gasteiger charge is -2.33. The van der Waals surface area contributed by atoms with E-state index in [2.05, 4.69) is 26.4 Å². The molecule has 0 saturated heterocycles. The number of aliphatic hydroxyl groups is 1. The number of benzene rings is 2. The van der Waals surface area contributed by atoms with Crippen molar-refractivity contribution in [2.75, 3.05) is 20.8 Å². The molecule has 266 valence electrons. The summed E-state index contributed by atoms with van der Waals surface area (Å²) in [6, 6.07) is 14.4. The molecule has 0 aliphatic heterocycles. The van der Waals surface area contributed by atoms with Crippen LogP contribution in [0.1, 0.15) is 45.2 Å². The number of nitrogens with zero attached hydrogens (tertiary/aromatic N) is 2. The molecule has 2 aromatic carbocycles. The second kappa shape index (κ2) is 19.5. The number of carbonyl (C=O) groups excluding carboxylic acids is 4. The average Bonchev–Trinajstić information content (AvgIpc) is 3.64. The van der Waals surface area contributed by atoms with E-state index >= 15 is 0 Å². The van der Waals surface area contributed by atoms with Crippen LogP contribution in [-0.4, -0.2) is 84.1 Å². The molecule has 0 spiro atoms. The summed E-state index contributed by atoms with van der Waals surface area (Å²) in [5.41, 5.74) is 5.51. The van der Waals surface area contributed by atoms with Crippen molar-refractivity contribution in [2.24, 2.45) is 11.8 Å². The van der Waals surface area contributed by atoms with E-state index in [0.29, 0.717) is 6.42 Å². The maximum atomic E-state index is 13.6. The molecule has 4 amide bonds. The first-order chi connectivity index (χ1) is 23.4.